The quantitative estimate of drug-likeness (QED) is 0.550. The number of nitro groups is 1. The Morgan fingerprint density at radius 3 is 2.36 bits per heavy atom. The van der Waals surface area contributed by atoms with E-state index in [2.05, 4.69) is 5.32 Å². The van der Waals surface area contributed by atoms with Gasteiger partial charge in [0.2, 0.25) is 0 Å². The van der Waals surface area contributed by atoms with Gasteiger partial charge in [0, 0.05) is 53.3 Å². The Bertz CT molecular complexity index is 805. The zero-order valence-electron chi connectivity index (χ0n) is 16.3. The number of hydrogen-bond acceptors (Lipinski definition) is 6. The Labute approximate surface area is 167 Å². The number of nitro benzene ring substituents is 1. The summed E-state index contributed by atoms with van der Waals surface area (Å²) in [5, 5.41) is 14.4. The average molecular weight is 407 g/mol. The van der Waals surface area contributed by atoms with Crippen LogP contribution in [0.5, 0.6) is 11.5 Å². The number of anilines is 1. The molecule has 0 radical (unpaired) electrons. The minimum absolute atomic E-state index is 0.00337. The first-order valence-corrected chi connectivity index (χ1v) is 10.8. The van der Waals surface area contributed by atoms with Gasteiger partial charge in [0.1, 0.15) is 5.75 Å². The third kappa shape index (κ3) is 6.03. The van der Waals surface area contributed by atoms with Crippen molar-refractivity contribution in [1.29, 1.82) is 0 Å². The van der Waals surface area contributed by atoms with Crippen LogP contribution in [0, 0.1) is 10.1 Å². The second kappa shape index (κ2) is 10.8. The molecule has 1 heterocycles. The molecule has 152 valence electrons. The molecule has 1 saturated heterocycles. The molecule has 1 aliphatic rings. The topological polar surface area (TPSA) is 90.7 Å². The van der Waals surface area contributed by atoms with E-state index in [1.165, 1.54) is 12.1 Å². The molecule has 3 rings (SSSR count). The monoisotopic (exact) mass is 406 g/mol. The third-order valence-electron chi connectivity index (χ3n) is 4.14. The van der Waals surface area contributed by atoms with Crippen molar-refractivity contribution in [1.82, 2.24) is 0 Å². The van der Waals surface area contributed by atoms with Crippen LogP contribution in [0.2, 0.25) is 0 Å². The van der Waals surface area contributed by atoms with E-state index < -0.39 is 15.7 Å². The normalized spacial score (nSPS) is 15.1. The fourth-order valence-electron chi connectivity index (χ4n) is 2.72. The lowest BCUT2D eigenvalue weighted by atomic mass is 10.1. The van der Waals surface area contributed by atoms with Gasteiger partial charge in [-0.1, -0.05) is 13.8 Å². The fourth-order valence-corrected chi connectivity index (χ4v) is 3.24. The number of nitrogens with one attached hydrogen (secondary N) is 1. The lowest BCUT2D eigenvalue weighted by Crippen LogP contribution is -2.28. The van der Waals surface area contributed by atoms with E-state index in [0.29, 0.717) is 35.3 Å². The first-order chi connectivity index (χ1) is 13.5. The molecule has 1 N–H and O–H groups in total. The Balaban J connectivity index is 0.00000136. The van der Waals surface area contributed by atoms with Gasteiger partial charge in [-0.15, -0.1) is 0 Å². The smallest absolute Gasteiger partial charge is 0.271 e. The van der Waals surface area contributed by atoms with E-state index in [1.54, 1.807) is 36.6 Å². The van der Waals surface area contributed by atoms with Crippen molar-refractivity contribution in [3.8, 4) is 11.5 Å². The van der Waals surface area contributed by atoms with Gasteiger partial charge in [-0.05, 0) is 43.2 Å². The van der Waals surface area contributed by atoms with Gasteiger partial charge in [-0.2, -0.15) is 0 Å². The highest BCUT2D eigenvalue weighted by Gasteiger charge is 2.18. The molecule has 7 nitrogen and oxygen atoms in total. The largest absolute Gasteiger partial charge is 0.455 e. The van der Waals surface area contributed by atoms with Gasteiger partial charge in [-0.3, -0.25) is 14.3 Å². The number of rotatable bonds is 6. The minimum atomic E-state index is -1.06. The van der Waals surface area contributed by atoms with Crippen LogP contribution in [-0.4, -0.2) is 34.6 Å². The van der Waals surface area contributed by atoms with Gasteiger partial charge in [0.05, 0.1) is 10.6 Å². The summed E-state index contributed by atoms with van der Waals surface area (Å²) in [5.74, 6) is 1.08. The third-order valence-corrected chi connectivity index (χ3v) is 5.07. The predicted octanol–water partition coefficient (Wildman–Crippen LogP) is 4.74. The van der Waals surface area contributed by atoms with Crippen molar-refractivity contribution in [3.63, 3.8) is 0 Å². The Morgan fingerprint density at radius 2 is 1.79 bits per heavy atom. The van der Waals surface area contributed by atoms with Crippen LogP contribution in [0.3, 0.4) is 0 Å². The maximum absolute atomic E-state index is 11.5. The van der Waals surface area contributed by atoms with Crippen molar-refractivity contribution < 1.29 is 18.6 Å². The second-order valence-electron chi connectivity index (χ2n) is 6.00. The molecule has 0 spiro atoms. The molecule has 0 aromatic heterocycles. The van der Waals surface area contributed by atoms with Gasteiger partial charge in [0.15, 0.2) is 5.75 Å². The van der Waals surface area contributed by atoms with Crippen LogP contribution >= 0.6 is 0 Å². The van der Waals surface area contributed by atoms with Gasteiger partial charge in [0.25, 0.3) is 5.69 Å². The zero-order chi connectivity index (χ0) is 20.5. The Kier molecular flexibility index (Phi) is 8.41. The van der Waals surface area contributed by atoms with Gasteiger partial charge in [-0.25, -0.2) is 0 Å². The molecule has 1 aliphatic heterocycles. The average Bonchev–Trinajstić information content (AvgIpc) is 2.72. The standard InChI is InChI=1S/C18H20N2O5S.C2H6/c1-26(23)16-5-3-15(4-6-16)25-18-7-2-14(20(21)22)12-17(18)19-13-8-10-24-11-9-13;1-2/h2-7,12-13,19H,8-11H2,1H3;1-2H3. The lowest BCUT2D eigenvalue weighted by molar-refractivity contribution is -0.384. The van der Waals surface area contributed by atoms with E-state index in [-0.39, 0.29) is 11.7 Å². The van der Waals surface area contributed by atoms with Crippen LogP contribution in [0.1, 0.15) is 26.7 Å². The van der Waals surface area contributed by atoms with Crippen LogP contribution in [0.4, 0.5) is 11.4 Å². The number of non-ortho nitro benzene ring substituents is 1. The summed E-state index contributed by atoms with van der Waals surface area (Å²) in [4.78, 5) is 11.4. The molecule has 2 aromatic rings. The maximum atomic E-state index is 11.5. The van der Waals surface area contributed by atoms with E-state index in [1.807, 2.05) is 13.8 Å². The van der Waals surface area contributed by atoms with Crippen molar-refractivity contribution in [2.45, 2.75) is 37.6 Å². The highest BCUT2D eigenvalue weighted by molar-refractivity contribution is 7.84. The van der Waals surface area contributed by atoms with Crippen molar-refractivity contribution in [2.24, 2.45) is 0 Å². The van der Waals surface area contributed by atoms with Crippen molar-refractivity contribution in [3.05, 3.63) is 52.6 Å². The SMILES string of the molecule is CC.CS(=O)c1ccc(Oc2ccc([N+](=O)[O-])cc2NC2CCOCC2)cc1. The summed E-state index contributed by atoms with van der Waals surface area (Å²) in [7, 11) is -1.06. The lowest BCUT2D eigenvalue weighted by Gasteiger charge is -2.25. The first kappa shape index (κ1) is 21.8. The van der Waals surface area contributed by atoms with E-state index in [4.69, 9.17) is 9.47 Å². The molecule has 8 heteroatoms. The molecule has 0 bridgehead atoms. The Morgan fingerprint density at radius 1 is 1.14 bits per heavy atom. The van der Waals surface area contributed by atoms with Crippen LogP contribution in [0.25, 0.3) is 0 Å². The summed E-state index contributed by atoms with van der Waals surface area (Å²) >= 11 is 0. The summed E-state index contributed by atoms with van der Waals surface area (Å²) in [5.41, 5.74) is 0.581. The molecular weight excluding hydrogens is 380 g/mol. The summed E-state index contributed by atoms with van der Waals surface area (Å²) < 4.78 is 22.7. The highest BCUT2D eigenvalue weighted by Crippen LogP contribution is 2.34. The second-order valence-corrected chi connectivity index (χ2v) is 7.38. The molecule has 1 fully saturated rings. The Hall–Kier alpha value is -2.45. The molecule has 1 atom stereocenters. The summed E-state index contributed by atoms with van der Waals surface area (Å²) in [6.07, 6.45) is 3.28. The first-order valence-electron chi connectivity index (χ1n) is 9.27. The molecule has 28 heavy (non-hydrogen) atoms. The minimum Gasteiger partial charge on any atom is -0.455 e. The fraction of sp³-hybridized carbons (Fsp3) is 0.400. The van der Waals surface area contributed by atoms with Crippen LogP contribution in [-0.2, 0) is 15.5 Å². The maximum Gasteiger partial charge on any atom is 0.271 e. The molecule has 0 saturated carbocycles. The summed E-state index contributed by atoms with van der Waals surface area (Å²) in [6.45, 7) is 5.33. The van der Waals surface area contributed by atoms with Crippen molar-refractivity contribution >= 4 is 22.2 Å². The van der Waals surface area contributed by atoms with Crippen molar-refractivity contribution in [2.75, 3.05) is 24.8 Å². The molecular formula is C20H26N2O5S. The molecule has 1 unspecified atom stereocenters. The van der Waals surface area contributed by atoms with E-state index in [9.17, 15) is 14.3 Å². The highest BCUT2D eigenvalue weighted by atomic mass is 32.2. The predicted molar refractivity (Wildman–Crippen MR) is 111 cm³/mol. The van der Waals surface area contributed by atoms with E-state index in [0.717, 1.165) is 12.8 Å². The number of nitrogens with zero attached hydrogens (tertiary/aromatic N) is 1. The zero-order valence-corrected chi connectivity index (χ0v) is 17.2. The number of ether oxygens (including phenoxy) is 2. The molecule has 0 aliphatic carbocycles. The van der Waals surface area contributed by atoms with Gasteiger partial charge >= 0.3 is 0 Å². The summed E-state index contributed by atoms with van der Waals surface area (Å²) in [6, 6.07) is 11.6. The molecule has 0 amide bonds. The van der Waals surface area contributed by atoms with E-state index >= 15 is 0 Å². The number of benzene rings is 2. The number of hydrogen-bond donors (Lipinski definition) is 1. The van der Waals surface area contributed by atoms with Crippen LogP contribution < -0.4 is 10.1 Å². The molecule has 2 aromatic carbocycles. The van der Waals surface area contributed by atoms with Crippen LogP contribution in [0.15, 0.2) is 47.4 Å². The van der Waals surface area contributed by atoms with Gasteiger partial charge < -0.3 is 14.8 Å².